The van der Waals surface area contributed by atoms with E-state index >= 15 is 0 Å². The monoisotopic (exact) mass is 327 g/mol. The van der Waals surface area contributed by atoms with Crippen LogP contribution in [0.3, 0.4) is 0 Å². The van der Waals surface area contributed by atoms with Gasteiger partial charge in [-0.05, 0) is 38.1 Å². The van der Waals surface area contributed by atoms with Crippen LogP contribution in [-0.4, -0.2) is 23.6 Å². The van der Waals surface area contributed by atoms with Crippen molar-refractivity contribution >= 4 is 34.0 Å². The van der Waals surface area contributed by atoms with E-state index < -0.39 is 0 Å². The number of nitrogens with zero attached hydrogens (tertiary/aromatic N) is 1. The zero-order valence-electron chi connectivity index (χ0n) is 13.2. The lowest BCUT2D eigenvalue weighted by Crippen LogP contribution is -2.28. The van der Waals surface area contributed by atoms with Crippen molar-refractivity contribution in [3.05, 3.63) is 58.0 Å². The number of amides is 1. The normalized spacial score (nSPS) is 12.3. The molecule has 0 saturated heterocycles. The molecule has 0 aliphatic rings. The highest BCUT2D eigenvalue weighted by atomic mass is 32.1. The molecule has 0 aliphatic carbocycles. The first kappa shape index (κ1) is 15.5. The minimum atomic E-state index is -0.197. The summed E-state index contributed by atoms with van der Waals surface area (Å²) in [7, 11) is 1.74. The third-order valence-corrected chi connectivity index (χ3v) is 5.10. The number of Topliss-reactive ketones (excluding diaryl/α,β-unsaturated/α-hetero) is 1. The van der Waals surface area contributed by atoms with Crippen molar-refractivity contribution in [1.82, 2.24) is 4.90 Å². The van der Waals surface area contributed by atoms with Gasteiger partial charge in [-0.2, -0.15) is 0 Å². The van der Waals surface area contributed by atoms with Gasteiger partial charge in [-0.3, -0.25) is 9.59 Å². The van der Waals surface area contributed by atoms with Crippen LogP contribution in [0.2, 0.25) is 0 Å². The molecular formula is C18H17NO3S. The molecule has 2 aromatic heterocycles. The van der Waals surface area contributed by atoms with E-state index in [4.69, 9.17) is 4.42 Å². The number of hydrogen-bond donors (Lipinski definition) is 0. The molecule has 5 heteroatoms. The Kier molecular flexibility index (Phi) is 4.05. The average Bonchev–Trinajstić information content (AvgIpc) is 3.19. The molecule has 1 amide bonds. The standard InChI is InChI=1S/C18H17NO3S/c1-11(15-10-13-6-4-5-7-14(13)22-15)19(3)18(21)17-9-8-16(23-17)12(2)20/h4-11H,1-3H3/t11-/m1/s1. The lowest BCUT2D eigenvalue weighted by Gasteiger charge is -2.22. The molecule has 1 atom stereocenters. The number of carbonyl (C=O) groups excluding carboxylic acids is 2. The van der Waals surface area contributed by atoms with Crippen LogP contribution in [0.4, 0.5) is 0 Å². The van der Waals surface area contributed by atoms with Crippen LogP contribution in [0.25, 0.3) is 11.0 Å². The van der Waals surface area contributed by atoms with Gasteiger partial charge in [-0.25, -0.2) is 0 Å². The van der Waals surface area contributed by atoms with Gasteiger partial charge in [0.2, 0.25) is 0 Å². The van der Waals surface area contributed by atoms with Crippen LogP contribution in [0.5, 0.6) is 0 Å². The topological polar surface area (TPSA) is 50.5 Å². The minimum absolute atomic E-state index is 0.0259. The summed E-state index contributed by atoms with van der Waals surface area (Å²) in [5, 5.41) is 1.02. The molecule has 0 fully saturated rings. The van der Waals surface area contributed by atoms with Crippen molar-refractivity contribution in [2.24, 2.45) is 0 Å². The second kappa shape index (κ2) is 6.01. The molecular weight excluding hydrogens is 310 g/mol. The first-order chi connectivity index (χ1) is 11.0. The lowest BCUT2D eigenvalue weighted by atomic mass is 10.2. The van der Waals surface area contributed by atoms with E-state index in [1.165, 1.54) is 18.3 Å². The fourth-order valence-corrected chi connectivity index (χ4v) is 3.28. The molecule has 0 bridgehead atoms. The fraction of sp³-hybridized carbons (Fsp3) is 0.222. The van der Waals surface area contributed by atoms with Crippen molar-refractivity contribution < 1.29 is 14.0 Å². The van der Waals surface area contributed by atoms with Crippen molar-refractivity contribution in [3.8, 4) is 0 Å². The Morgan fingerprint density at radius 2 is 1.83 bits per heavy atom. The van der Waals surface area contributed by atoms with E-state index in [2.05, 4.69) is 0 Å². The van der Waals surface area contributed by atoms with Crippen molar-refractivity contribution in [2.75, 3.05) is 7.05 Å². The zero-order chi connectivity index (χ0) is 16.6. The summed E-state index contributed by atoms with van der Waals surface area (Å²) in [4.78, 5) is 26.8. The molecule has 0 spiro atoms. The molecule has 0 aliphatic heterocycles. The Hall–Kier alpha value is -2.40. The Balaban J connectivity index is 1.84. The van der Waals surface area contributed by atoms with Crippen LogP contribution in [0, 0.1) is 0 Å². The summed E-state index contributed by atoms with van der Waals surface area (Å²) in [6.45, 7) is 3.43. The van der Waals surface area contributed by atoms with E-state index in [1.807, 2.05) is 37.3 Å². The summed E-state index contributed by atoms with van der Waals surface area (Å²) in [6.07, 6.45) is 0. The highest BCUT2D eigenvalue weighted by Gasteiger charge is 2.23. The first-order valence-electron chi connectivity index (χ1n) is 7.34. The Labute approximate surface area is 138 Å². The van der Waals surface area contributed by atoms with Gasteiger partial charge >= 0.3 is 0 Å². The summed E-state index contributed by atoms with van der Waals surface area (Å²) in [5.41, 5.74) is 0.810. The van der Waals surface area contributed by atoms with Crippen LogP contribution >= 0.6 is 11.3 Å². The number of rotatable bonds is 4. The van der Waals surface area contributed by atoms with Crippen LogP contribution in [0.15, 0.2) is 46.9 Å². The Bertz CT molecular complexity index is 844. The predicted octanol–water partition coefficient (Wildman–Crippen LogP) is 4.53. The number of hydrogen-bond acceptors (Lipinski definition) is 4. The maximum Gasteiger partial charge on any atom is 0.264 e. The third-order valence-electron chi connectivity index (χ3n) is 3.92. The molecule has 23 heavy (non-hydrogen) atoms. The minimum Gasteiger partial charge on any atom is -0.459 e. The quantitative estimate of drug-likeness (QED) is 0.662. The molecule has 118 valence electrons. The van der Waals surface area contributed by atoms with Crippen LogP contribution in [-0.2, 0) is 0 Å². The van der Waals surface area contributed by atoms with Crippen molar-refractivity contribution in [2.45, 2.75) is 19.9 Å². The maximum atomic E-state index is 12.6. The summed E-state index contributed by atoms with van der Waals surface area (Å²) >= 11 is 1.22. The van der Waals surface area contributed by atoms with Crippen molar-refractivity contribution in [1.29, 1.82) is 0 Å². The van der Waals surface area contributed by atoms with Gasteiger partial charge < -0.3 is 9.32 Å². The molecule has 3 rings (SSSR count). The number of benzene rings is 1. The molecule has 0 unspecified atom stereocenters. The van der Waals surface area contributed by atoms with Gasteiger partial charge in [0, 0.05) is 12.4 Å². The molecule has 1 aromatic carbocycles. The van der Waals surface area contributed by atoms with Gasteiger partial charge in [0.25, 0.3) is 5.91 Å². The summed E-state index contributed by atoms with van der Waals surface area (Å²) in [5.74, 6) is 0.600. The van der Waals surface area contributed by atoms with Crippen LogP contribution < -0.4 is 0 Å². The number of ketones is 1. The van der Waals surface area contributed by atoms with Gasteiger partial charge in [-0.1, -0.05) is 18.2 Å². The van der Waals surface area contributed by atoms with Gasteiger partial charge in [0.05, 0.1) is 15.8 Å². The molecule has 0 N–H and O–H groups in total. The maximum absolute atomic E-state index is 12.6. The first-order valence-corrected chi connectivity index (χ1v) is 8.15. The van der Waals surface area contributed by atoms with Gasteiger partial charge in [-0.15, -0.1) is 11.3 Å². The highest BCUT2D eigenvalue weighted by Crippen LogP contribution is 2.28. The Morgan fingerprint density at radius 3 is 2.48 bits per heavy atom. The molecule has 0 saturated carbocycles. The predicted molar refractivity (Wildman–Crippen MR) is 91.0 cm³/mol. The fourth-order valence-electron chi connectivity index (χ4n) is 2.39. The third kappa shape index (κ3) is 2.92. The highest BCUT2D eigenvalue weighted by molar-refractivity contribution is 7.15. The van der Waals surface area contributed by atoms with Gasteiger partial charge in [0.1, 0.15) is 11.3 Å². The second-order valence-corrected chi connectivity index (χ2v) is 6.58. The summed E-state index contributed by atoms with van der Waals surface area (Å²) < 4.78 is 5.84. The zero-order valence-corrected chi connectivity index (χ0v) is 14.0. The number of furan rings is 1. The second-order valence-electron chi connectivity index (χ2n) is 5.50. The van der Waals surface area contributed by atoms with E-state index in [-0.39, 0.29) is 17.7 Å². The number of fused-ring (bicyclic) bond motifs is 1. The molecule has 2 heterocycles. The number of para-hydroxylation sites is 1. The summed E-state index contributed by atoms with van der Waals surface area (Å²) in [6, 6.07) is 12.9. The molecule has 0 radical (unpaired) electrons. The Morgan fingerprint density at radius 1 is 1.13 bits per heavy atom. The van der Waals surface area contributed by atoms with E-state index in [1.54, 1.807) is 24.1 Å². The smallest absolute Gasteiger partial charge is 0.264 e. The average molecular weight is 327 g/mol. The van der Waals surface area contributed by atoms with E-state index in [9.17, 15) is 9.59 Å². The number of carbonyl (C=O) groups is 2. The molecule has 3 aromatic rings. The van der Waals surface area contributed by atoms with E-state index in [0.29, 0.717) is 9.75 Å². The molecule has 4 nitrogen and oxygen atoms in total. The van der Waals surface area contributed by atoms with Crippen molar-refractivity contribution in [3.63, 3.8) is 0 Å². The SMILES string of the molecule is CC(=O)c1ccc(C(=O)N(C)[C@H](C)c2cc3ccccc3o2)s1. The van der Waals surface area contributed by atoms with Gasteiger partial charge in [0.15, 0.2) is 5.78 Å². The van der Waals surface area contributed by atoms with Crippen LogP contribution in [0.1, 0.15) is 45.0 Å². The van der Waals surface area contributed by atoms with E-state index in [0.717, 1.165) is 16.7 Å². The number of thiophene rings is 1. The largest absolute Gasteiger partial charge is 0.459 e. The lowest BCUT2D eigenvalue weighted by molar-refractivity contribution is 0.0732.